The SMILES string of the molecule is C[C@H]1CC2CC[C@H]3OC(=O)C(C1n1c(CI)nc4ccccc41)[C@@]23O. The number of aromatic nitrogens is 2. The molecule has 2 saturated carbocycles. The monoisotopic (exact) mass is 452 g/mol. The number of aliphatic hydroxyl groups is 1. The molecule has 5 rings (SSSR count). The van der Waals surface area contributed by atoms with Gasteiger partial charge < -0.3 is 14.4 Å². The molecular formula is C19H21IN2O3. The zero-order valence-electron chi connectivity index (χ0n) is 14.1. The second-order valence-electron chi connectivity index (χ2n) is 7.79. The molecule has 6 heteroatoms. The van der Waals surface area contributed by atoms with Crippen molar-refractivity contribution >= 4 is 39.6 Å². The topological polar surface area (TPSA) is 64.4 Å². The molecule has 0 bridgehead atoms. The van der Waals surface area contributed by atoms with Gasteiger partial charge in [0.15, 0.2) is 0 Å². The van der Waals surface area contributed by atoms with E-state index < -0.39 is 11.5 Å². The van der Waals surface area contributed by atoms with Gasteiger partial charge in [-0.25, -0.2) is 4.98 Å². The van der Waals surface area contributed by atoms with Crippen LogP contribution in [-0.2, 0) is 14.0 Å². The molecule has 0 spiro atoms. The van der Waals surface area contributed by atoms with E-state index in [-0.39, 0.29) is 24.0 Å². The van der Waals surface area contributed by atoms with Crippen molar-refractivity contribution in [2.24, 2.45) is 17.8 Å². The third-order valence-corrected chi connectivity index (χ3v) is 7.31. The lowest BCUT2D eigenvalue weighted by Crippen LogP contribution is -2.54. The summed E-state index contributed by atoms with van der Waals surface area (Å²) >= 11 is 2.32. The molecule has 6 atom stereocenters. The number of carbonyl (C=O) groups excluding carboxylic acids is 1. The van der Waals surface area contributed by atoms with Crippen molar-refractivity contribution in [2.75, 3.05) is 0 Å². The number of rotatable bonds is 2. The van der Waals surface area contributed by atoms with Gasteiger partial charge in [-0.1, -0.05) is 41.6 Å². The number of nitrogens with zero attached hydrogens (tertiary/aromatic N) is 2. The number of para-hydroxylation sites is 2. The van der Waals surface area contributed by atoms with Crippen LogP contribution in [-0.4, -0.2) is 32.3 Å². The van der Waals surface area contributed by atoms with Crippen LogP contribution in [0, 0.1) is 17.8 Å². The minimum atomic E-state index is -1.01. The average molecular weight is 452 g/mol. The van der Waals surface area contributed by atoms with Crippen LogP contribution < -0.4 is 0 Å². The van der Waals surface area contributed by atoms with Gasteiger partial charge in [0.1, 0.15) is 23.4 Å². The lowest BCUT2D eigenvalue weighted by molar-refractivity contribution is -0.147. The molecule has 2 heterocycles. The van der Waals surface area contributed by atoms with E-state index in [1.165, 1.54) is 0 Å². The molecule has 5 nitrogen and oxygen atoms in total. The molecule has 3 fully saturated rings. The predicted molar refractivity (Wildman–Crippen MR) is 101 cm³/mol. The standard InChI is InChI=1S/C19H21IN2O3/c1-10-8-11-6-7-14-19(11,24)16(18(23)25-14)17(10)22-13-5-3-2-4-12(13)21-15(22)9-20/h2-5,10-11,14,16-17,24H,6-9H2,1H3/t10-,11?,14+,16?,17?,19+/m0/s1. The average Bonchev–Trinajstić information content (AvgIpc) is 3.20. The molecule has 0 amide bonds. The summed E-state index contributed by atoms with van der Waals surface area (Å²) in [4.78, 5) is 17.6. The predicted octanol–water partition coefficient (Wildman–Crippen LogP) is 3.23. The zero-order chi connectivity index (χ0) is 17.3. The highest BCUT2D eigenvalue weighted by molar-refractivity contribution is 14.1. The number of halogens is 1. The molecule has 1 aromatic heterocycles. The largest absolute Gasteiger partial charge is 0.459 e. The van der Waals surface area contributed by atoms with Crippen molar-refractivity contribution in [1.29, 1.82) is 0 Å². The molecule has 2 aromatic rings. The summed E-state index contributed by atoms with van der Waals surface area (Å²) in [6, 6.07) is 7.97. The van der Waals surface area contributed by atoms with Crippen LogP contribution in [0.3, 0.4) is 0 Å². The number of hydrogen-bond acceptors (Lipinski definition) is 4. The van der Waals surface area contributed by atoms with E-state index in [4.69, 9.17) is 9.72 Å². The molecule has 25 heavy (non-hydrogen) atoms. The number of carbonyl (C=O) groups is 1. The summed E-state index contributed by atoms with van der Waals surface area (Å²) < 4.78 is 8.62. The molecular weight excluding hydrogens is 431 g/mol. The molecule has 2 aliphatic carbocycles. The molecule has 3 aliphatic rings. The second kappa shape index (κ2) is 5.42. The van der Waals surface area contributed by atoms with Crippen LogP contribution in [0.5, 0.6) is 0 Å². The number of ether oxygens (including phenoxy) is 1. The Kier molecular flexibility index (Phi) is 3.48. The third-order valence-electron chi connectivity index (χ3n) is 6.62. The van der Waals surface area contributed by atoms with Gasteiger partial charge in [-0.05, 0) is 43.2 Å². The lowest BCUT2D eigenvalue weighted by atomic mass is 9.64. The fourth-order valence-corrected chi connectivity index (χ4v) is 6.19. The number of alkyl halides is 1. The van der Waals surface area contributed by atoms with E-state index >= 15 is 0 Å². The van der Waals surface area contributed by atoms with Crippen LogP contribution >= 0.6 is 22.6 Å². The molecule has 1 aromatic carbocycles. The summed E-state index contributed by atoms with van der Waals surface area (Å²) in [7, 11) is 0. The number of hydrogen-bond donors (Lipinski definition) is 1. The maximum Gasteiger partial charge on any atom is 0.314 e. The van der Waals surface area contributed by atoms with Crippen molar-refractivity contribution in [1.82, 2.24) is 9.55 Å². The maximum absolute atomic E-state index is 12.8. The molecule has 132 valence electrons. The van der Waals surface area contributed by atoms with Crippen LogP contribution in [0.1, 0.15) is 38.1 Å². The van der Waals surface area contributed by atoms with Crippen molar-refractivity contribution in [3.05, 3.63) is 30.1 Å². The van der Waals surface area contributed by atoms with Gasteiger partial charge >= 0.3 is 5.97 Å². The summed E-state index contributed by atoms with van der Waals surface area (Å²) in [5, 5.41) is 11.5. The first-order chi connectivity index (χ1) is 12.1. The van der Waals surface area contributed by atoms with Gasteiger partial charge in [0.2, 0.25) is 0 Å². The van der Waals surface area contributed by atoms with Gasteiger partial charge in [-0.3, -0.25) is 4.79 Å². The molecule has 3 unspecified atom stereocenters. The van der Waals surface area contributed by atoms with Crippen LogP contribution in [0.15, 0.2) is 24.3 Å². The van der Waals surface area contributed by atoms with Gasteiger partial charge in [0, 0.05) is 0 Å². The highest BCUT2D eigenvalue weighted by Crippen LogP contribution is 2.59. The second-order valence-corrected chi connectivity index (χ2v) is 8.55. The minimum absolute atomic E-state index is 0.103. The number of esters is 1. The highest BCUT2D eigenvalue weighted by atomic mass is 127. The van der Waals surface area contributed by atoms with E-state index in [2.05, 4.69) is 40.1 Å². The molecule has 1 aliphatic heterocycles. The van der Waals surface area contributed by atoms with Crippen molar-refractivity contribution in [3.8, 4) is 0 Å². The number of benzene rings is 1. The van der Waals surface area contributed by atoms with Crippen LogP contribution in [0.25, 0.3) is 11.0 Å². The molecule has 0 radical (unpaired) electrons. The Hall–Kier alpha value is -1.15. The number of fused-ring (bicyclic) bond motifs is 1. The first-order valence-electron chi connectivity index (χ1n) is 9.00. The van der Waals surface area contributed by atoms with E-state index in [0.29, 0.717) is 5.92 Å². The molecule has 1 saturated heterocycles. The Morgan fingerprint density at radius 2 is 2.20 bits per heavy atom. The first-order valence-corrected chi connectivity index (χ1v) is 10.5. The summed E-state index contributed by atoms with van der Waals surface area (Å²) in [5.41, 5.74) is 0.981. The Morgan fingerprint density at radius 3 is 3.00 bits per heavy atom. The summed E-state index contributed by atoms with van der Waals surface area (Å²) in [6.07, 6.45) is 2.33. The third kappa shape index (κ3) is 1.98. The Bertz CT molecular complexity index is 865. The van der Waals surface area contributed by atoms with Crippen molar-refractivity contribution in [2.45, 2.75) is 48.4 Å². The fourth-order valence-electron chi connectivity index (χ4n) is 5.65. The Morgan fingerprint density at radius 1 is 1.40 bits per heavy atom. The quantitative estimate of drug-likeness (QED) is 0.432. The van der Waals surface area contributed by atoms with Crippen molar-refractivity contribution in [3.63, 3.8) is 0 Å². The van der Waals surface area contributed by atoms with E-state index in [9.17, 15) is 9.90 Å². The van der Waals surface area contributed by atoms with Gasteiger partial charge in [0.25, 0.3) is 0 Å². The van der Waals surface area contributed by atoms with E-state index in [1.807, 2.05) is 18.2 Å². The van der Waals surface area contributed by atoms with Gasteiger partial charge in [-0.15, -0.1) is 0 Å². The minimum Gasteiger partial charge on any atom is -0.459 e. The first kappa shape index (κ1) is 16.1. The van der Waals surface area contributed by atoms with E-state index in [0.717, 1.165) is 40.5 Å². The van der Waals surface area contributed by atoms with Crippen LogP contribution in [0.2, 0.25) is 0 Å². The smallest absolute Gasteiger partial charge is 0.314 e. The maximum atomic E-state index is 12.8. The van der Waals surface area contributed by atoms with E-state index in [1.54, 1.807) is 0 Å². The normalized spacial score (nSPS) is 39.6. The molecule has 1 N–H and O–H groups in total. The summed E-state index contributed by atoms with van der Waals surface area (Å²) in [5.74, 6) is 0.700. The Balaban J connectivity index is 1.73. The Labute approximate surface area is 159 Å². The zero-order valence-corrected chi connectivity index (χ0v) is 16.2. The van der Waals surface area contributed by atoms with Gasteiger partial charge in [-0.2, -0.15) is 0 Å². The van der Waals surface area contributed by atoms with Crippen LogP contribution in [0.4, 0.5) is 0 Å². The fraction of sp³-hybridized carbons (Fsp3) is 0.579. The van der Waals surface area contributed by atoms with Gasteiger partial charge in [0.05, 0.1) is 21.5 Å². The number of imidazole rings is 1. The highest BCUT2D eigenvalue weighted by Gasteiger charge is 2.68. The lowest BCUT2D eigenvalue weighted by Gasteiger charge is -2.45. The van der Waals surface area contributed by atoms with Crippen molar-refractivity contribution < 1.29 is 14.6 Å². The summed E-state index contributed by atoms with van der Waals surface area (Å²) in [6.45, 7) is 2.20.